The maximum Gasteiger partial charge on any atom is 0.226 e. The number of hydrogen-bond acceptors (Lipinski definition) is 5. The summed E-state index contributed by atoms with van der Waals surface area (Å²) in [5.74, 6) is 0.719. The van der Waals surface area contributed by atoms with Gasteiger partial charge in [0.15, 0.2) is 5.13 Å². The summed E-state index contributed by atoms with van der Waals surface area (Å²) in [7, 11) is 0. The molecule has 5 nitrogen and oxygen atoms in total. The molecule has 2 aromatic heterocycles. The van der Waals surface area contributed by atoms with E-state index < -0.39 is 0 Å². The van der Waals surface area contributed by atoms with Crippen LogP contribution in [0.25, 0.3) is 11.4 Å². The highest BCUT2D eigenvalue weighted by Gasteiger charge is 2.15. The van der Waals surface area contributed by atoms with Crippen LogP contribution in [0.15, 0.2) is 52.4 Å². The zero-order valence-electron chi connectivity index (χ0n) is 16.7. The molecule has 152 valence electrons. The maximum absolute atomic E-state index is 12.2. The number of nitrogens with one attached hydrogen (secondary N) is 1. The Labute approximate surface area is 183 Å². The van der Waals surface area contributed by atoms with Crippen LogP contribution in [0.1, 0.15) is 39.2 Å². The molecule has 3 aromatic rings. The largest absolute Gasteiger partial charge is 0.492 e. The molecule has 0 aliphatic heterocycles. The van der Waals surface area contributed by atoms with Gasteiger partial charge in [-0.1, -0.05) is 32.9 Å². The smallest absolute Gasteiger partial charge is 0.226 e. The van der Waals surface area contributed by atoms with E-state index in [1.165, 1.54) is 16.9 Å². The summed E-state index contributed by atoms with van der Waals surface area (Å²) in [6, 6.07) is 11.8. The fraction of sp³-hybridized carbons (Fsp3) is 0.318. The van der Waals surface area contributed by atoms with Crippen molar-refractivity contribution in [1.82, 2.24) is 9.97 Å². The summed E-state index contributed by atoms with van der Waals surface area (Å²) in [5, 5.41) is 5.31. The van der Waals surface area contributed by atoms with E-state index in [1.807, 2.05) is 29.6 Å². The standard InChI is InChI=1S/C22H24BrN3O2S/c1-22(2,3)15-9-10-19(16(23)13-15)28-12-6-8-20(27)26-21-25-18(14-29-21)17-7-4-5-11-24-17/h4-5,7,9-11,13-14H,6,8,12H2,1-3H3,(H,25,26,27). The fourth-order valence-electron chi connectivity index (χ4n) is 2.64. The van der Waals surface area contributed by atoms with Gasteiger partial charge < -0.3 is 10.1 Å². The molecular formula is C22H24BrN3O2S. The third kappa shape index (κ3) is 6.11. The number of hydrogen-bond donors (Lipinski definition) is 1. The van der Waals surface area contributed by atoms with Gasteiger partial charge in [0.25, 0.3) is 0 Å². The molecule has 1 amide bonds. The second-order valence-electron chi connectivity index (χ2n) is 7.65. The van der Waals surface area contributed by atoms with Gasteiger partial charge in [-0.25, -0.2) is 4.98 Å². The van der Waals surface area contributed by atoms with Crippen molar-refractivity contribution in [3.63, 3.8) is 0 Å². The van der Waals surface area contributed by atoms with Gasteiger partial charge in [0, 0.05) is 18.0 Å². The predicted octanol–water partition coefficient (Wildman–Crippen LogP) is 6.06. The highest BCUT2D eigenvalue weighted by Crippen LogP contribution is 2.31. The third-order valence-electron chi connectivity index (χ3n) is 4.28. The molecule has 0 bridgehead atoms. The molecule has 0 fully saturated rings. The van der Waals surface area contributed by atoms with Crippen LogP contribution >= 0.6 is 27.3 Å². The Balaban J connectivity index is 1.44. The van der Waals surface area contributed by atoms with Crippen LogP contribution in [0.4, 0.5) is 5.13 Å². The van der Waals surface area contributed by atoms with Gasteiger partial charge in [0.2, 0.25) is 5.91 Å². The summed E-state index contributed by atoms with van der Waals surface area (Å²) in [5.41, 5.74) is 2.88. The minimum Gasteiger partial charge on any atom is -0.492 e. The summed E-state index contributed by atoms with van der Waals surface area (Å²) in [6.45, 7) is 7.00. The maximum atomic E-state index is 12.2. The first-order chi connectivity index (χ1) is 13.8. The van der Waals surface area contributed by atoms with E-state index in [-0.39, 0.29) is 11.3 Å². The molecule has 0 radical (unpaired) electrons. The zero-order valence-corrected chi connectivity index (χ0v) is 19.1. The van der Waals surface area contributed by atoms with E-state index in [0.717, 1.165) is 21.6 Å². The van der Waals surface area contributed by atoms with Gasteiger partial charge in [0.1, 0.15) is 11.4 Å². The number of thiazole rings is 1. The normalized spacial score (nSPS) is 11.3. The first-order valence-electron chi connectivity index (χ1n) is 9.42. The molecule has 0 saturated heterocycles. The Morgan fingerprint density at radius 2 is 2.03 bits per heavy atom. The summed E-state index contributed by atoms with van der Waals surface area (Å²) < 4.78 is 6.75. The van der Waals surface area contributed by atoms with Gasteiger partial charge in [0.05, 0.1) is 16.8 Å². The van der Waals surface area contributed by atoms with Crippen LogP contribution < -0.4 is 10.1 Å². The number of ether oxygens (including phenoxy) is 1. The number of anilines is 1. The lowest BCUT2D eigenvalue weighted by Gasteiger charge is -2.20. The zero-order chi connectivity index (χ0) is 20.9. The number of nitrogens with zero attached hydrogens (tertiary/aromatic N) is 2. The second kappa shape index (κ2) is 9.50. The molecular weight excluding hydrogens is 450 g/mol. The summed E-state index contributed by atoms with van der Waals surface area (Å²) in [6.07, 6.45) is 2.72. The van der Waals surface area contributed by atoms with E-state index in [4.69, 9.17) is 4.74 Å². The predicted molar refractivity (Wildman–Crippen MR) is 122 cm³/mol. The Morgan fingerprint density at radius 1 is 1.21 bits per heavy atom. The number of rotatable bonds is 7. The van der Waals surface area contributed by atoms with Crippen molar-refractivity contribution in [2.75, 3.05) is 11.9 Å². The Kier molecular flexibility index (Phi) is 7.03. The molecule has 29 heavy (non-hydrogen) atoms. The molecule has 1 N–H and O–H groups in total. The van der Waals surface area contributed by atoms with E-state index in [9.17, 15) is 4.79 Å². The lowest BCUT2D eigenvalue weighted by atomic mass is 9.87. The third-order valence-corrected chi connectivity index (χ3v) is 5.66. The first kappa shape index (κ1) is 21.5. The quantitative estimate of drug-likeness (QED) is 0.423. The fourth-order valence-corrected chi connectivity index (χ4v) is 3.86. The molecule has 0 spiro atoms. The number of carbonyl (C=O) groups is 1. The van der Waals surface area contributed by atoms with E-state index in [0.29, 0.717) is 24.6 Å². The molecule has 0 saturated carbocycles. The van der Waals surface area contributed by atoms with Crippen LogP contribution in [0.5, 0.6) is 5.75 Å². The lowest BCUT2D eigenvalue weighted by Crippen LogP contribution is -2.13. The highest BCUT2D eigenvalue weighted by atomic mass is 79.9. The number of halogens is 1. The van der Waals surface area contributed by atoms with Crippen molar-refractivity contribution in [3.8, 4) is 17.1 Å². The average molecular weight is 474 g/mol. The molecule has 2 heterocycles. The van der Waals surface area contributed by atoms with E-state index in [1.54, 1.807) is 6.20 Å². The van der Waals surface area contributed by atoms with Crippen LogP contribution in [0, 0.1) is 0 Å². The topological polar surface area (TPSA) is 64.1 Å². The monoisotopic (exact) mass is 473 g/mol. The molecule has 0 unspecified atom stereocenters. The van der Waals surface area contributed by atoms with E-state index in [2.05, 4.69) is 64.1 Å². The van der Waals surface area contributed by atoms with Crippen molar-refractivity contribution in [1.29, 1.82) is 0 Å². The SMILES string of the molecule is CC(C)(C)c1ccc(OCCCC(=O)Nc2nc(-c3ccccn3)cs2)c(Br)c1. The van der Waals surface area contributed by atoms with Crippen molar-refractivity contribution in [3.05, 3.63) is 58.0 Å². The summed E-state index contributed by atoms with van der Waals surface area (Å²) in [4.78, 5) is 20.9. The molecule has 7 heteroatoms. The van der Waals surface area contributed by atoms with Crippen LogP contribution in [-0.4, -0.2) is 22.5 Å². The molecule has 0 atom stereocenters. The second-order valence-corrected chi connectivity index (χ2v) is 9.36. The van der Waals surface area contributed by atoms with Gasteiger partial charge in [-0.2, -0.15) is 0 Å². The first-order valence-corrected chi connectivity index (χ1v) is 11.1. The van der Waals surface area contributed by atoms with Gasteiger partial charge >= 0.3 is 0 Å². The van der Waals surface area contributed by atoms with Crippen molar-refractivity contribution >= 4 is 38.3 Å². The van der Waals surface area contributed by atoms with Gasteiger partial charge in [-0.15, -0.1) is 11.3 Å². The molecule has 0 aliphatic carbocycles. The highest BCUT2D eigenvalue weighted by molar-refractivity contribution is 9.10. The average Bonchev–Trinajstić information content (AvgIpc) is 3.14. The lowest BCUT2D eigenvalue weighted by molar-refractivity contribution is -0.116. The minimum atomic E-state index is -0.0716. The number of aromatic nitrogens is 2. The molecule has 0 aliphatic rings. The van der Waals surface area contributed by atoms with Crippen molar-refractivity contribution in [2.24, 2.45) is 0 Å². The number of benzene rings is 1. The van der Waals surface area contributed by atoms with Gasteiger partial charge in [-0.05, 0) is 57.6 Å². The van der Waals surface area contributed by atoms with E-state index >= 15 is 0 Å². The molecule has 3 rings (SSSR count). The Morgan fingerprint density at radius 3 is 2.72 bits per heavy atom. The Bertz CT molecular complexity index is 968. The summed E-state index contributed by atoms with van der Waals surface area (Å²) >= 11 is 4.96. The minimum absolute atomic E-state index is 0.0716. The van der Waals surface area contributed by atoms with Crippen molar-refractivity contribution < 1.29 is 9.53 Å². The van der Waals surface area contributed by atoms with Crippen molar-refractivity contribution in [2.45, 2.75) is 39.0 Å². The van der Waals surface area contributed by atoms with Crippen LogP contribution in [0.2, 0.25) is 0 Å². The number of carbonyl (C=O) groups excluding carboxylic acids is 1. The number of amides is 1. The van der Waals surface area contributed by atoms with Crippen LogP contribution in [-0.2, 0) is 10.2 Å². The number of pyridine rings is 1. The van der Waals surface area contributed by atoms with Gasteiger partial charge in [-0.3, -0.25) is 9.78 Å². The van der Waals surface area contributed by atoms with Crippen LogP contribution in [0.3, 0.4) is 0 Å². The Hall–Kier alpha value is -2.25. The molecule has 1 aromatic carbocycles.